The smallest absolute Gasteiger partial charge is 0.305 e. The van der Waals surface area contributed by atoms with Crippen LogP contribution in [0.2, 0.25) is 0 Å². The number of fused-ring (bicyclic) bond motifs is 1. The van der Waals surface area contributed by atoms with Gasteiger partial charge in [0.15, 0.2) is 0 Å². The molecule has 2 aromatic rings. The molecule has 3 N–H and O–H groups in total. The van der Waals surface area contributed by atoms with Crippen LogP contribution >= 0.6 is 11.3 Å². The van der Waals surface area contributed by atoms with Gasteiger partial charge in [0.05, 0.1) is 10.8 Å². The van der Waals surface area contributed by atoms with Crippen molar-refractivity contribution in [2.45, 2.75) is 13.0 Å². The molecule has 0 radical (unpaired) electrons. The van der Waals surface area contributed by atoms with Gasteiger partial charge in [0, 0.05) is 0 Å². The number of benzene rings is 1. The summed E-state index contributed by atoms with van der Waals surface area (Å²) in [6.45, 7) is 1.62. The van der Waals surface area contributed by atoms with Crippen molar-refractivity contribution in [3.05, 3.63) is 27.4 Å². The number of aromatic hydroxyl groups is 1. The Balaban J connectivity index is 2.87. The highest BCUT2D eigenvalue weighted by Gasteiger charge is 2.12. The molecule has 0 spiro atoms. The molecule has 0 aliphatic rings. The van der Waals surface area contributed by atoms with Crippen molar-refractivity contribution in [1.82, 2.24) is 4.98 Å². The number of hydrogen-bond acceptors (Lipinski definition) is 4. The van der Waals surface area contributed by atoms with Gasteiger partial charge in [0.1, 0.15) is 11.3 Å². The lowest BCUT2D eigenvalue weighted by Crippen LogP contribution is -1.90. The highest BCUT2D eigenvalue weighted by atomic mass is 32.1. The van der Waals surface area contributed by atoms with Gasteiger partial charge in [-0.25, -0.2) is 0 Å². The molecule has 1 aromatic carbocycles. The molecule has 0 fully saturated rings. The average Bonchev–Trinajstić information content (AvgIpc) is 2.47. The number of aliphatic hydroxyl groups is 1. The predicted molar refractivity (Wildman–Crippen MR) is 54.7 cm³/mol. The molecular weight excluding hydrogens is 202 g/mol. The Hall–Kier alpha value is -1.33. The van der Waals surface area contributed by atoms with E-state index in [4.69, 9.17) is 0 Å². The van der Waals surface area contributed by atoms with Gasteiger partial charge in [-0.3, -0.25) is 4.79 Å². The largest absolute Gasteiger partial charge is 0.506 e. The first kappa shape index (κ1) is 9.23. The fourth-order valence-electron chi connectivity index (χ4n) is 1.37. The second kappa shape index (κ2) is 3.11. The van der Waals surface area contributed by atoms with Crippen molar-refractivity contribution in [3.63, 3.8) is 0 Å². The van der Waals surface area contributed by atoms with Gasteiger partial charge < -0.3 is 15.2 Å². The second-order valence-corrected chi connectivity index (χ2v) is 4.05. The molecular formula is C9H9NO3S. The quantitative estimate of drug-likeness (QED) is 0.666. The SMILES string of the molecule is C[C@H](O)c1ccc(O)c2[nH]c(=O)sc12. The van der Waals surface area contributed by atoms with E-state index >= 15 is 0 Å². The van der Waals surface area contributed by atoms with E-state index in [2.05, 4.69) is 4.98 Å². The number of hydrogen-bond donors (Lipinski definition) is 3. The number of phenolic OH excluding ortho intramolecular Hbond substituents is 1. The molecule has 0 bridgehead atoms. The maximum absolute atomic E-state index is 11.1. The first-order valence-corrected chi connectivity index (χ1v) is 4.94. The predicted octanol–water partition coefficient (Wildman–Crippen LogP) is 1.35. The maximum atomic E-state index is 11.1. The Morgan fingerprint density at radius 2 is 2.21 bits per heavy atom. The molecule has 0 amide bonds. The van der Waals surface area contributed by atoms with E-state index in [1.165, 1.54) is 6.07 Å². The summed E-state index contributed by atoms with van der Waals surface area (Å²) in [5.74, 6) is 0.0303. The van der Waals surface area contributed by atoms with Crippen LogP contribution in [0.1, 0.15) is 18.6 Å². The molecule has 0 saturated carbocycles. The summed E-state index contributed by atoms with van der Waals surface area (Å²) in [5, 5.41) is 18.9. The molecule has 0 unspecified atom stereocenters. The molecule has 0 aliphatic carbocycles. The maximum Gasteiger partial charge on any atom is 0.305 e. The molecule has 0 saturated heterocycles. The van der Waals surface area contributed by atoms with Crippen molar-refractivity contribution >= 4 is 21.6 Å². The summed E-state index contributed by atoms with van der Waals surface area (Å²) >= 11 is 0.990. The Labute approximate surface area is 83.5 Å². The number of aromatic nitrogens is 1. The fourth-order valence-corrected chi connectivity index (χ4v) is 2.32. The summed E-state index contributed by atoms with van der Waals surface area (Å²) < 4.78 is 0.616. The normalized spacial score (nSPS) is 13.3. The van der Waals surface area contributed by atoms with Crippen LogP contribution in [-0.2, 0) is 0 Å². The van der Waals surface area contributed by atoms with Gasteiger partial charge in [0.2, 0.25) is 0 Å². The number of aliphatic hydroxyl groups excluding tert-OH is 1. The minimum atomic E-state index is -0.649. The summed E-state index contributed by atoms with van der Waals surface area (Å²) in [6, 6.07) is 3.08. The Morgan fingerprint density at radius 1 is 1.50 bits per heavy atom. The molecule has 1 atom stereocenters. The number of aromatic amines is 1. The van der Waals surface area contributed by atoms with Gasteiger partial charge in [-0.1, -0.05) is 17.4 Å². The van der Waals surface area contributed by atoms with E-state index in [0.717, 1.165) is 11.3 Å². The summed E-state index contributed by atoms with van der Waals surface area (Å²) in [4.78, 5) is 13.4. The first-order valence-electron chi connectivity index (χ1n) is 4.12. The number of phenols is 1. The van der Waals surface area contributed by atoms with Crippen molar-refractivity contribution in [3.8, 4) is 5.75 Å². The Bertz CT molecular complexity index is 526. The minimum absolute atomic E-state index is 0.0303. The lowest BCUT2D eigenvalue weighted by molar-refractivity contribution is 0.201. The van der Waals surface area contributed by atoms with Gasteiger partial charge in [0.25, 0.3) is 0 Å². The van der Waals surface area contributed by atoms with Crippen LogP contribution in [0.15, 0.2) is 16.9 Å². The molecule has 0 aliphatic heterocycles. The van der Waals surface area contributed by atoms with E-state index in [1.54, 1.807) is 13.0 Å². The minimum Gasteiger partial charge on any atom is -0.506 e. The van der Waals surface area contributed by atoms with Crippen LogP contribution in [0.4, 0.5) is 0 Å². The molecule has 74 valence electrons. The fraction of sp³-hybridized carbons (Fsp3) is 0.222. The third-order valence-corrected chi connectivity index (χ3v) is 2.97. The summed E-state index contributed by atoms with van der Waals surface area (Å²) in [6.07, 6.45) is -0.649. The summed E-state index contributed by atoms with van der Waals surface area (Å²) in [7, 11) is 0. The summed E-state index contributed by atoms with van der Waals surface area (Å²) in [5.41, 5.74) is 1.06. The zero-order chi connectivity index (χ0) is 10.3. The number of thiazole rings is 1. The standard InChI is InChI=1S/C9H9NO3S/c1-4(11)5-2-3-6(12)7-8(5)14-9(13)10-7/h2-4,11-12H,1H3,(H,10,13)/t4-/m0/s1. The third kappa shape index (κ3) is 1.30. The highest BCUT2D eigenvalue weighted by Crippen LogP contribution is 2.30. The van der Waals surface area contributed by atoms with Crippen LogP contribution in [-0.4, -0.2) is 15.2 Å². The zero-order valence-electron chi connectivity index (χ0n) is 7.44. The van der Waals surface area contributed by atoms with Gasteiger partial charge in [-0.05, 0) is 18.6 Å². The third-order valence-electron chi connectivity index (χ3n) is 2.04. The average molecular weight is 211 g/mol. The van der Waals surface area contributed by atoms with E-state index in [1.807, 2.05) is 0 Å². The van der Waals surface area contributed by atoms with E-state index in [-0.39, 0.29) is 10.6 Å². The molecule has 1 heterocycles. The van der Waals surface area contributed by atoms with Crippen LogP contribution in [0, 0.1) is 0 Å². The van der Waals surface area contributed by atoms with Crippen LogP contribution in [0.3, 0.4) is 0 Å². The van der Waals surface area contributed by atoms with Crippen LogP contribution in [0.25, 0.3) is 10.2 Å². The lowest BCUT2D eigenvalue weighted by Gasteiger charge is -2.05. The first-order chi connectivity index (χ1) is 6.59. The van der Waals surface area contributed by atoms with Crippen molar-refractivity contribution in [2.24, 2.45) is 0 Å². The lowest BCUT2D eigenvalue weighted by atomic mass is 10.1. The molecule has 4 nitrogen and oxygen atoms in total. The molecule has 5 heteroatoms. The van der Waals surface area contributed by atoms with Crippen LogP contribution in [0.5, 0.6) is 5.75 Å². The van der Waals surface area contributed by atoms with Crippen molar-refractivity contribution < 1.29 is 10.2 Å². The van der Waals surface area contributed by atoms with Crippen LogP contribution < -0.4 is 4.87 Å². The molecule has 1 aromatic heterocycles. The topological polar surface area (TPSA) is 73.3 Å². The van der Waals surface area contributed by atoms with Gasteiger partial charge in [-0.15, -0.1) is 0 Å². The zero-order valence-corrected chi connectivity index (χ0v) is 8.26. The highest BCUT2D eigenvalue weighted by molar-refractivity contribution is 7.16. The Morgan fingerprint density at radius 3 is 2.86 bits per heavy atom. The Kier molecular flexibility index (Phi) is 2.05. The van der Waals surface area contributed by atoms with Gasteiger partial charge >= 0.3 is 4.87 Å². The van der Waals surface area contributed by atoms with E-state index in [9.17, 15) is 15.0 Å². The van der Waals surface area contributed by atoms with E-state index in [0.29, 0.717) is 15.8 Å². The number of H-pyrrole nitrogens is 1. The number of nitrogens with one attached hydrogen (secondary N) is 1. The monoisotopic (exact) mass is 211 g/mol. The van der Waals surface area contributed by atoms with Crippen molar-refractivity contribution in [2.75, 3.05) is 0 Å². The second-order valence-electron chi connectivity index (χ2n) is 3.07. The van der Waals surface area contributed by atoms with Gasteiger partial charge in [-0.2, -0.15) is 0 Å². The molecule has 2 rings (SSSR count). The number of rotatable bonds is 1. The van der Waals surface area contributed by atoms with Crippen molar-refractivity contribution in [1.29, 1.82) is 0 Å². The molecule has 14 heavy (non-hydrogen) atoms. The van der Waals surface area contributed by atoms with E-state index < -0.39 is 6.10 Å².